The van der Waals surface area contributed by atoms with E-state index < -0.39 is 20.6 Å². The fourth-order valence-corrected chi connectivity index (χ4v) is 3.56. The van der Waals surface area contributed by atoms with Crippen molar-refractivity contribution in [2.75, 3.05) is 11.9 Å². The molecule has 0 atom stereocenters. The number of nitrogens with one attached hydrogen (secondary N) is 1. The zero-order valence-corrected chi connectivity index (χ0v) is 16.9. The minimum atomic E-state index is -3.92. The molecule has 0 bridgehead atoms. The Morgan fingerprint density at radius 1 is 1.19 bits per heavy atom. The number of hydrogen-bond donors (Lipinski definition) is 1. The third kappa shape index (κ3) is 5.26. The number of nitrogens with zero attached hydrogens (tertiary/aromatic N) is 1. The van der Waals surface area contributed by atoms with E-state index in [1.807, 2.05) is 6.92 Å². The van der Waals surface area contributed by atoms with Crippen molar-refractivity contribution in [1.82, 2.24) is 0 Å². The number of benzene rings is 2. The van der Waals surface area contributed by atoms with Crippen molar-refractivity contribution in [3.8, 4) is 0 Å². The predicted octanol–water partition coefficient (Wildman–Crippen LogP) is 4.26. The van der Waals surface area contributed by atoms with Crippen molar-refractivity contribution in [3.05, 3.63) is 62.6 Å². The Balaban J connectivity index is 2.14. The zero-order chi connectivity index (χ0) is 19.5. The van der Waals surface area contributed by atoms with Gasteiger partial charge in [-0.3, -0.25) is 14.3 Å². The maximum atomic E-state index is 12.3. The number of nitro benzene ring substituents is 1. The van der Waals surface area contributed by atoms with Gasteiger partial charge >= 0.3 is 0 Å². The molecule has 0 heterocycles. The van der Waals surface area contributed by atoms with E-state index in [-0.39, 0.29) is 22.9 Å². The molecule has 9 heteroatoms. The molecule has 2 aromatic carbocycles. The van der Waals surface area contributed by atoms with E-state index in [1.165, 1.54) is 18.2 Å². The van der Waals surface area contributed by atoms with Crippen molar-refractivity contribution in [2.45, 2.75) is 31.2 Å². The summed E-state index contributed by atoms with van der Waals surface area (Å²) in [5.41, 5.74) is 0.234. The Morgan fingerprint density at radius 2 is 1.81 bits per heavy atom. The quantitative estimate of drug-likeness (QED) is 0.390. The maximum absolute atomic E-state index is 12.3. The van der Waals surface area contributed by atoms with Gasteiger partial charge in [0.25, 0.3) is 15.8 Å². The van der Waals surface area contributed by atoms with E-state index in [9.17, 15) is 18.5 Å². The molecule has 0 saturated carbocycles. The third-order valence-electron chi connectivity index (χ3n) is 3.51. The van der Waals surface area contributed by atoms with E-state index in [0.29, 0.717) is 4.47 Å². The largest absolute Gasteiger partial charge is 0.372 e. The van der Waals surface area contributed by atoms with Gasteiger partial charge in [-0.05, 0) is 45.0 Å². The summed E-state index contributed by atoms with van der Waals surface area (Å²) in [6, 6.07) is 10.9. The number of rotatable bonds is 7. The number of anilines is 1. The van der Waals surface area contributed by atoms with Crippen molar-refractivity contribution in [3.63, 3.8) is 0 Å². The molecule has 2 aromatic rings. The molecule has 26 heavy (non-hydrogen) atoms. The molecule has 1 N–H and O–H groups in total. The lowest BCUT2D eigenvalue weighted by Crippen LogP contribution is -2.37. The Morgan fingerprint density at radius 3 is 2.38 bits per heavy atom. The lowest BCUT2D eigenvalue weighted by atomic mass is 10.1. The smallest absolute Gasteiger partial charge is 0.297 e. The Kier molecular flexibility index (Phi) is 6.05. The van der Waals surface area contributed by atoms with Gasteiger partial charge in [0.2, 0.25) is 0 Å². The Bertz CT molecular complexity index is 911. The molecule has 0 aromatic heterocycles. The SMILES string of the molecule is Cc1ccc(S(=O)(=O)OCC(C)(C)Nc2ccc(Br)cc2[N+](=O)[O-])cc1. The first-order valence-corrected chi connectivity index (χ1v) is 9.88. The predicted molar refractivity (Wildman–Crippen MR) is 103 cm³/mol. The number of hydrogen-bond acceptors (Lipinski definition) is 6. The van der Waals surface area contributed by atoms with E-state index in [2.05, 4.69) is 21.2 Å². The van der Waals surface area contributed by atoms with Gasteiger partial charge in [0.05, 0.1) is 22.0 Å². The first-order chi connectivity index (χ1) is 12.0. The van der Waals surface area contributed by atoms with Crippen LogP contribution < -0.4 is 5.32 Å². The van der Waals surface area contributed by atoms with Crippen LogP contribution in [0.25, 0.3) is 0 Å². The summed E-state index contributed by atoms with van der Waals surface area (Å²) in [5.74, 6) is 0. The number of halogens is 1. The molecule has 0 radical (unpaired) electrons. The third-order valence-corrected chi connectivity index (χ3v) is 5.29. The summed E-state index contributed by atoms with van der Waals surface area (Å²) in [7, 11) is -3.92. The minimum absolute atomic E-state index is 0.0634. The van der Waals surface area contributed by atoms with Gasteiger partial charge in [-0.1, -0.05) is 33.6 Å². The maximum Gasteiger partial charge on any atom is 0.297 e. The van der Waals surface area contributed by atoms with Crippen LogP contribution in [0.3, 0.4) is 0 Å². The highest BCUT2D eigenvalue weighted by molar-refractivity contribution is 9.10. The van der Waals surface area contributed by atoms with E-state index in [4.69, 9.17) is 4.18 Å². The molecule has 7 nitrogen and oxygen atoms in total. The normalized spacial score (nSPS) is 12.0. The molecule has 0 aliphatic heterocycles. The lowest BCUT2D eigenvalue weighted by molar-refractivity contribution is -0.384. The highest BCUT2D eigenvalue weighted by Gasteiger charge is 2.26. The lowest BCUT2D eigenvalue weighted by Gasteiger charge is -2.26. The first-order valence-electron chi connectivity index (χ1n) is 7.68. The van der Waals surface area contributed by atoms with Crippen molar-refractivity contribution < 1.29 is 17.5 Å². The summed E-state index contributed by atoms with van der Waals surface area (Å²) in [6.07, 6.45) is 0. The van der Waals surface area contributed by atoms with Crippen molar-refractivity contribution in [2.24, 2.45) is 0 Å². The molecule has 0 unspecified atom stereocenters. The summed E-state index contributed by atoms with van der Waals surface area (Å²) in [5, 5.41) is 14.2. The average molecular weight is 443 g/mol. The molecule has 0 saturated heterocycles. The first kappa shape index (κ1) is 20.3. The van der Waals surface area contributed by atoms with Gasteiger partial charge in [0, 0.05) is 10.5 Å². The van der Waals surface area contributed by atoms with Gasteiger partial charge in [-0.2, -0.15) is 8.42 Å². The average Bonchev–Trinajstić information content (AvgIpc) is 2.55. The summed E-state index contributed by atoms with van der Waals surface area (Å²) < 4.78 is 30.3. The van der Waals surface area contributed by atoms with Crippen LogP contribution in [-0.2, 0) is 14.3 Å². The monoisotopic (exact) mass is 442 g/mol. The van der Waals surface area contributed by atoms with Crippen LogP contribution in [0, 0.1) is 17.0 Å². The molecule has 0 aliphatic carbocycles. The second kappa shape index (κ2) is 7.73. The molecule has 140 valence electrons. The van der Waals surface area contributed by atoms with Crippen LogP contribution in [-0.4, -0.2) is 25.5 Å². The standard InChI is InChI=1S/C17H19BrN2O5S/c1-12-4-7-14(8-5-12)26(23,24)25-11-17(2,3)19-15-9-6-13(18)10-16(15)20(21)22/h4-10,19H,11H2,1-3H3. The van der Waals surface area contributed by atoms with Crippen LogP contribution in [0.4, 0.5) is 11.4 Å². The van der Waals surface area contributed by atoms with Crippen LogP contribution >= 0.6 is 15.9 Å². The second-order valence-corrected chi connectivity index (χ2v) is 8.99. The van der Waals surface area contributed by atoms with Gasteiger partial charge in [-0.25, -0.2) is 0 Å². The van der Waals surface area contributed by atoms with Gasteiger partial charge in [-0.15, -0.1) is 0 Å². The van der Waals surface area contributed by atoms with Crippen molar-refractivity contribution >= 4 is 37.4 Å². The number of aryl methyl sites for hydroxylation is 1. The molecule has 0 aliphatic rings. The van der Waals surface area contributed by atoms with Gasteiger partial charge in [0.15, 0.2) is 0 Å². The summed E-state index contributed by atoms with van der Waals surface area (Å²) >= 11 is 3.20. The van der Waals surface area contributed by atoms with Gasteiger partial charge < -0.3 is 5.32 Å². The zero-order valence-electron chi connectivity index (χ0n) is 14.5. The summed E-state index contributed by atoms with van der Waals surface area (Å²) in [4.78, 5) is 10.8. The topological polar surface area (TPSA) is 98.5 Å². The molecular formula is C17H19BrN2O5S. The summed E-state index contributed by atoms with van der Waals surface area (Å²) in [6.45, 7) is 5.05. The van der Waals surface area contributed by atoms with Crippen molar-refractivity contribution in [1.29, 1.82) is 0 Å². The molecule has 0 spiro atoms. The molecular weight excluding hydrogens is 424 g/mol. The Hall–Kier alpha value is -1.97. The van der Waals surface area contributed by atoms with E-state index >= 15 is 0 Å². The fraction of sp³-hybridized carbons (Fsp3) is 0.294. The van der Waals surface area contributed by atoms with E-state index in [1.54, 1.807) is 38.1 Å². The molecule has 0 fully saturated rings. The molecule has 0 amide bonds. The minimum Gasteiger partial charge on any atom is -0.372 e. The van der Waals surface area contributed by atoms with Crippen LogP contribution in [0.1, 0.15) is 19.4 Å². The fourth-order valence-electron chi connectivity index (χ4n) is 2.16. The van der Waals surface area contributed by atoms with Crippen LogP contribution in [0.15, 0.2) is 51.8 Å². The van der Waals surface area contributed by atoms with Gasteiger partial charge in [0.1, 0.15) is 5.69 Å². The highest BCUT2D eigenvalue weighted by atomic mass is 79.9. The number of nitro groups is 1. The van der Waals surface area contributed by atoms with E-state index in [0.717, 1.165) is 5.56 Å². The van der Waals surface area contributed by atoms with Crippen LogP contribution in [0.5, 0.6) is 0 Å². The highest BCUT2D eigenvalue weighted by Crippen LogP contribution is 2.30. The Labute approximate surface area is 160 Å². The van der Waals surface area contributed by atoms with Crippen LogP contribution in [0.2, 0.25) is 0 Å². The second-order valence-electron chi connectivity index (χ2n) is 6.46. The molecule has 2 rings (SSSR count).